The first-order valence-electron chi connectivity index (χ1n) is 7.61. The summed E-state index contributed by atoms with van der Waals surface area (Å²) < 4.78 is 0. The van der Waals surface area contributed by atoms with Gasteiger partial charge in [0.15, 0.2) is 0 Å². The number of carbonyl (C=O) groups excluding carboxylic acids is 1. The Morgan fingerprint density at radius 2 is 1.96 bits per heavy atom. The van der Waals surface area contributed by atoms with Crippen LogP contribution in [0.3, 0.4) is 0 Å². The Labute approximate surface area is 136 Å². The smallest absolute Gasteiger partial charge is 0.274 e. The van der Waals surface area contributed by atoms with Gasteiger partial charge in [0.25, 0.3) is 5.91 Å². The lowest BCUT2D eigenvalue weighted by Crippen LogP contribution is -2.16. The van der Waals surface area contributed by atoms with Gasteiger partial charge in [-0.25, -0.2) is 9.97 Å². The highest BCUT2D eigenvalue weighted by molar-refractivity contribution is 6.03. The third-order valence-corrected chi connectivity index (χ3v) is 3.33. The summed E-state index contributed by atoms with van der Waals surface area (Å²) in [5.41, 5.74) is 2.31. The highest BCUT2D eigenvalue weighted by Gasteiger charge is 2.11. The highest BCUT2D eigenvalue weighted by atomic mass is 16.1. The summed E-state index contributed by atoms with van der Waals surface area (Å²) >= 11 is 0. The fraction of sp³-hybridized carbons (Fsp3) is 0.278. The van der Waals surface area contributed by atoms with Gasteiger partial charge in [0, 0.05) is 18.3 Å². The van der Waals surface area contributed by atoms with Crippen molar-refractivity contribution >= 4 is 17.4 Å². The number of nitrogens with zero attached hydrogens (tertiary/aromatic N) is 2. The Balaban J connectivity index is 2.13. The van der Waals surface area contributed by atoms with E-state index in [1.165, 1.54) is 5.56 Å². The van der Waals surface area contributed by atoms with E-state index in [9.17, 15) is 4.79 Å². The number of hydrogen-bond donors (Lipinski definition) is 2. The summed E-state index contributed by atoms with van der Waals surface area (Å²) in [5.74, 6) is 1.36. The molecule has 5 nitrogen and oxygen atoms in total. The first kappa shape index (κ1) is 16.7. The SMILES string of the molecule is C=CCNc1cc(C(=O)Nc2ccc(C(C)C)cc2)nc(C)n1. The largest absolute Gasteiger partial charge is 0.366 e. The van der Waals surface area contributed by atoms with Crippen molar-refractivity contribution in [2.24, 2.45) is 0 Å². The molecule has 0 spiro atoms. The molecule has 0 radical (unpaired) electrons. The van der Waals surface area contributed by atoms with Gasteiger partial charge in [-0.3, -0.25) is 4.79 Å². The van der Waals surface area contributed by atoms with Gasteiger partial charge in [-0.05, 0) is 30.5 Å². The van der Waals surface area contributed by atoms with Crippen molar-refractivity contribution in [1.82, 2.24) is 9.97 Å². The molecule has 0 fully saturated rings. The predicted molar refractivity (Wildman–Crippen MR) is 93.9 cm³/mol. The zero-order valence-electron chi connectivity index (χ0n) is 13.8. The maximum atomic E-state index is 12.4. The molecule has 23 heavy (non-hydrogen) atoms. The molecule has 2 rings (SSSR count). The van der Waals surface area contributed by atoms with E-state index in [-0.39, 0.29) is 5.91 Å². The van der Waals surface area contributed by atoms with E-state index in [0.29, 0.717) is 29.8 Å². The van der Waals surface area contributed by atoms with E-state index >= 15 is 0 Å². The second kappa shape index (κ2) is 7.54. The summed E-state index contributed by atoms with van der Waals surface area (Å²) in [4.78, 5) is 20.8. The summed E-state index contributed by atoms with van der Waals surface area (Å²) in [5, 5.41) is 5.92. The Hall–Kier alpha value is -2.69. The van der Waals surface area contributed by atoms with Gasteiger partial charge in [0.2, 0.25) is 0 Å². The normalized spacial score (nSPS) is 10.4. The molecular weight excluding hydrogens is 288 g/mol. The van der Waals surface area contributed by atoms with E-state index in [0.717, 1.165) is 5.69 Å². The van der Waals surface area contributed by atoms with Gasteiger partial charge in [-0.2, -0.15) is 0 Å². The van der Waals surface area contributed by atoms with Crippen LogP contribution in [0.2, 0.25) is 0 Å². The molecule has 2 aromatic rings. The Bertz CT molecular complexity index is 693. The molecule has 0 saturated heterocycles. The molecule has 0 bridgehead atoms. The van der Waals surface area contributed by atoms with Crippen molar-refractivity contribution in [1.29, 1.82) is 0 Å². The number of anilines is 2. The van der Waals surface area contributed by atoms with Crippen molar-refractivity contribution in [3.8, 4) is 0 Å². The summed E-state index contributed by atoms with van der Waals surface area (Å²) in [6, 6.07) is 9.47. The topological polar surface area (TPSA) is 66.9 Å². The summed E-state index contributed by atoms with van der Waals surface area (Å²) in [6.45, 7) is 10.2. The molecule has 1 aromatic carbocycles. The van der Waals surface area contributed by atoms with E-state index in [4.69, 9.17) is 0 Å². The van der Waals surface area contributed by atoms with Gasteiger partial charge in [-0.1, -0.05) is 32.1 Å². The van der Waals surface area contributed by atoms with Gasteiger partial charge < -0.3 is 10.6 Å². The summed E-state index contributed by atoms with van der Waals surface area (Å²) in [6.07, 6.45) is 1.73. The fourth-order valence-corrected chi connectivity index (χ4v) is 2.10. The second-order valence-corrected chi connectivity index (χ2v) is 5.59. The van der Waals surface area contributed by atoms with Crippen molar-refractivity contribution in [2.45, 2.75) is 26.7 Å². The average Bonchev–Trinajstić information content (AvgIpc) is 2.53. The zero-order chi connectivity index (χ0) is 16.8. The molecule has 0 aliphatic carbocycles. The minimum absolute atomic E-state index is 0.255. The van der Waals surface area contributed by atoms with Crippen LogP contribution in [0.15, 0.2) is 43.0 Å². The quantitative estimate of drug-likeness (QED) is 0.797. The van der Waals surface area contributed by atoms with Crippen molar-refractivity contribution in [2.75, 3.05) is 17.2 Å². The maximum Gasteiger partial charge on any atom is 0.274 e. The van der Waals surface area contributed by atoms with Gasteiger partial charge in [-0.15, -0.1) is 6.58 Å². The lowest BCUT2D eigenvalue weighted by atomic mass is 10.0. The molecule has 1 aromatic heterocycles. The number of nitrogens with one attached hydrogen (secondary N) is 2. The van der Waals surface area contributed by atoms with Crippen molar-refractivity contribution in [3.63, 3.8) is 0 Å². The van der Waals surface area contributed by atoms with E-state index in [1.807, 2.05) is 24.3 Å². The third kappa shape index (κ3) is 4.64. The number of amides is 1. The monoisotopic (exact) mass is 310 g/mol. The number of benzene rings is 1. The maximum absolute atomic E-state index is 12.4. The molecule has 120 valence electrons. The molecule has 0 unspecified atom stereocenters. The minimum Gasteiger partial charge on any atom is -0.366 e. The number of hydrogen-bond acceptors (Lipinski definition) is 4. The van der Waals surface area contributed by atoms with E-state index in [2.05, 4.69) is 41.0 Å². The molecule has 1 heterocycles. The third-order valence-electron chi connectivity index (χ3n) is 3.33. The molecule has 0 atom stereocenters. The molecular formula is C18H22N4O. The molecule has 2 N–H and O–H groups in total. The van der Waals surface area contributed by atoms with Gasteiger partial charge in [0.1, 0.15) is 17.3 Å². The number of aryl methyl sites for hydroxylation is 1. The first-order valence-corrected chi connectivity index (χ1v) is 7.61. The zero-order valence-corrected chi connectivity index (χ0v) is 13.8. The second-order valence-electron chi connectivity index (χ2n) is 5.59. The van der Waals surface area contributed by atoms with Crippen LogP contribution in [0, 0.1) is 6.92 Å². The summed E-state index contributed by atoms with van der Waals surface area (Å²) in [7, 11) is 0. The standard InChI is InChI=1S/C18H22N4O/c1-5-10-19-17-11-16(20-13(4)21-17)18(23)22-15-8-6-14(7-9-15)12(2)3/h5-9,11-12H,1,10H2,2-4H3,(H,22,23)(H,19,20,21). The van der Waals surface area contributed by atoms with Crippen LogP contribution in [0.1, 0.15) is 41.6 Å². The molecule has 0 aliphatic heterocycles. The van der Waals surface area contributed by atoms with Gasteiger partial charge >= 0.3 is 0 Å². The Morgan fingerprint density at radius 1 is 1.26 bits per heavy atom. The van der Waals surface area contributed by atoms with Crippen LogP contribution in [-0.2, 0) is 0 Å². The minimum atomic E-state index is -0.255. The Kier molecular flexibility index (Phi) is 5.46. The lowest BCUT2D eigenvalue weighted by molar-refractivity contribution is 0.102. The van der Waals surface area contributed by atoms with Crippen LogP contribution in [0.4, 0.5) is 11.5 Å². The fourth-order valence-electron chi connectivity index (χ4n) is 2.10. The average molecular weight is 310 g/mol. The molecule has 0 saturated carbocycles. The predicted octanol–water partition coefficient (Wildman–Crippen LogP) is 3.76. The highest BCUT2D eigenvalue weighted by Crippen LogP contribution is 2.18. The Morgan fingerprint density at radius 3 is 2.57 bits per heavy atom. The number of aromatic nitrogens is 2. The van der Waals surface area contributed by atoms with E-state index < -0.39 is 0 Å². The van der Waals surface area contributed by atoms with E-state index in [1.54, 1.807) is 19.1 Å². The molecule has 1 amide bonds. The van der Waals surface area contributed by atoms with Gasteiger partial charge in [0.05, 0.1) is 0 Å². The lowest BCUT2D eigenvalue weighted by Gasteiger charge is -2.09. The molecule has 5 heteroatoms. The van der Waals surface area contributed by atoms with Crippen LogP contribution in [0.25, 0.3) is 0 Å². The van der Waals surface area contributed by atoms with Crippen molar-refractivity contribution < 1.29 is 4.79 Å². The van der Waals surface area contributed by atoms with Crippen LogP contribution >= 0.6 is 0 Å². The van der Waals surface area contributed by atoms with Crippen LogP contribution < -0.4 is 10.6 Å². The van der Waals surface area contributed by atoms with Crippen molar-refractivity contribution in [3.05, 3.63) is 60.1 Å². The first-order chi connectivity index (χ1) is 11.0. The van der Waals surface area contributed by atoms with Crippen LogP contribution in [-0.4, -0.2) is 22.4 Å². The van der Waals surface area contributed by atoms with Crippen LogP contribution in [0.5, 0.6) is 0 Å². The number of rotatable bonds is 6. The molecule has 0 aliphatic rings. The number of carbonyl (C=O) groups is 1.